The monoisotopic (exact) mass is 258 g/mol. The van der Waals surface area contributed by atoms with Crippen molar-refractivity contribution in [2.45, 2.75) is 66.0 Å². The Labute approximate surface area is 114 Å². The Morgan fingerprint density at radius 3 is 2.11 bits per heavy atom. The van der Waals surface area contributed by atoms with Crippen LogP contribution in [0.4, 0.5) is 0 Å². The molecule has 0 saturated carbocycles. The Hall–Kier alpha value is -0.120. The van der Waals surface area contributed by atoms with Gasteiger partial charge in [-0.3, -0.25) is 4.90 Å². The minimum atomic E-state index is 0.185. The Balaban J connectivity index is 4.22. The zero-order valence-corrected chi connectivity index (χ0v) is 13.3. The predicted molar refractivity (Wildman–Crippen MR) is 79.9 cm³/mol. The van der Waals surface area contributed by atoms with Crippen LogP contribution >= 0.6 is 0 Å². The Kier molecular flexibility index (Phi) is 8.83. The van der Waals surface area contributed by atoms with Crippen molar-refractivity contribution in [2.24, 2.45) is 5.92 Å². The average Bonchev–Trinajstić information content (AvgIpc) is 2.27. The first-order chi connectivity index (χ1) is 8.34. The van der Waals surface area contributed by atoms with E-state index in [1.807, 2.05) is 0 Å². The van der Waals surface area contributed by atoms with Crippen LogP contribution in [0.25, 0.3) is 0 Å². The molecule has 110 valence electrons. The second-order valence-corrected chi connectivity index (χ2v) is 6.42. The van der Waals surface area contributed by atoms with E-state index in [-0.39, 0.29) is 12.1 Å². The quantitative estimate of drug-likeness (QED) is 0.667. The number of nitrogens with one attached hydrogen (secondary N) is 1. The van der Waals surface area contributed by atoms with Crippen LogP contribution in [0.1, 0.15) is 54.4 Å². The van der Waals surface area contributed by atoms with Crippen molar-refractivity contribution in [3.8, 4) is 0 Å². The first kappa shape index (κ1) is 17.9. The molecular weight excluding hydrogens is 224 g/mol. The van der Waals surface area contributed by atoms with Crippen molar-refractivity contribution in [1.82, 2.24) is 10.2 Å². The summed E-state index contributed by atoms with van der Waals surface area (Å²) in [5.74, 6) is 0.608. The molecule has 2 N–H and O–H groups in total. The lowest BCUT2D eigenvalue weighted by Crippen LogP contribution is -2.44. The minimum Gasteiger partial charge on any atom is -0.395 e. The van der Waals surface area contributed by atoms with E-state index >= 15 is 0 Å². The van der Waals surface area contributed by atoms with Crippen LogP contribution in [-0.4, -0.2) is 47.8 Å². The minimum absolute atomic E-state index is 0.185. The molecule has 0 heterocycles. The molecule has 1 atom stereocenters. The van der Waals surface area contributed by atoms with E-state index in [1.54, 1.807) is 0 Å². The molecule has 0 radical (unpaired) electrons. The van der Waals surface area contributed by atoms with Gasteiger partial charge in [-0.25, -0.2) is 0 Å². The number of nitrogens with zero attached hydrogens (tertiary/aromatic N) is 1. The van der Waals surface area contributed by atoms with E-state index < -0.39 is 0 Å². The van der Waals surface area contributed by atoms with Crippen molar-refractivity contribution in [3.05, 3.63) is 0 Å². The number of aliphatic hydroxyl groups is 1. The molecule has 1 unspecified atom stereocenters. The zero-order valence-electron chi connectivity index (χ0n) is 13.3. The van der Waals surface area contributed by atoms with Crippen LogP contribution < -0.4 is 5.32 Å². The molecule has 0 spiro atoms. The molecule has 18 heavy (non-hydrogen) atoms. The van der Waals surface area contributed by atoms with Gasteiger partial charge in [0.25, 0.3) is 0 Å². The van der Waals surface area contributed by atoms with Gasteiger partial charge in [0.05, 0.1) is 6.61 Å². The van der Waals surface area contributed by atoms with E-state index in [0.29, 0.717) is 12.0 Å². The van der Waals surface area contributed by atoms with Gasteiger partial charge in [-0.15, -0.1) is 0 Å². The maximum atomic E-state index is 9.19. The van der Waals surface area contributed by atoms with Crippen LogP contribution in [0.2, 0.25) is 0 Å². The lowest BCUT2D eigenvalue weighted by atomic mass is 10.0. The van der Waals surface area contributed by atoms with Gasteiger partial charge >= 0.3 is 0 Å². The summed E-state index contributed by atoms with van der Waals surface area (Å²) in [6.07, 6.45) is 2.33. The van der Waals surface area contributed by atoms with Crippen LogP contribution in [0.3, 0.4) is 0 Å². The molecule has 0 aliphatic rings. The summed E-state index contributed by atoms with van der Waals surface area (Å²) in [7, 11) is 0. The third-order valence-corrected chi connectivity index (χ3v) is 3.37. The smallest absolute Gasteiger partial charge is 0.0558 e. The first-order valence-corrected chi connectivity index (χ1v) is 7.43. The second kappa shape index (κ2) is 8.89. The molecule has 0 amide bonds. The van der Waals surface area contributed by atoms with Crippen molar-refractivity contribution in [2.75, 3.05) is 26.2 Å². The molecule has 0 aliphatic heterocycles. The molecule has 0 aliphatic carbocycles. The molecule has 3 nitrogen and oxygen atoms in total. The number of hydrogen-bond acceptors (Lipinski definition) is 3. The van der Waals surface area contributed by atoms with Gasteiger partial charge in [0.15, 0.2) is 0 Å². The summed E-state index contributed by atoms with van der Waals surface area (Å²) in [6.45, 7) is 16.5. The van der Waals surface area contributed by atoms with Gasteiger partial charge in [-0.1, -0.05) is 20.8 Å². The molecular formula is C15H34N2O. The van der Waals surface area contributed by atoms with Gasteiger partial charge in [-0.05, 0) is 46.1 Å². The van der Waals surface area contributed by atoms with Gasteiger partial charge in [0.2, 0.25) is 0 Å². The highest BCUT2D eigenvalue weighted by atomic mass is 16.3. The van der Waals surface area contributed by atoms with Gasteiger partial charge in [0.1, 0.15) is 0 Å². The van der Waals surface area contributed by atoms with E-state index in [4.69, 9.17) is 0 Å². The van der Waals surface area contributed by atoms with Gasteiger partial charge in [-0.2, -0.15) is 0 Å². The summed E-state index contributed by atoms with van der Waals surface area (Å²) < 4.78 is 0. The Bertz CT molecular complexity index is 197. The summed E-state index contributed by atoms with van der Waals surface area (Å²) in [4.78, 5) is 2.44. The maximum absolute atomic E-state index is 9.19. The standard InChI is InChI=1S/C15H34N2O/c1-7-14(8-2)17(9-10-18)12-13(3)11-16-15(4,5)6/h13-14,16,18H,7-12H2,1-6H3. The Morgan fingerprint density at radius 2 is 1.72 bits per heavy atom. The molecule has 0 aromatic carbocycles. The number of rotatable bonds is 9. The Morgan fingerprint density at radius 1 is 1.17 bits per heavy atom. The highest BCUT2D eigenvalue weighted by Crippen LogP contribution is 2.11. The van der Waals surface area contributed by atoms with Crippen molar-refractivity contribution >= 4 is 0 Å². The predicted octanol–water partition coefficient (Wildman–Crippen LogP) is 2.49. The highest BCUT2D eigenvalue weighted by Gasteiger charge is 2.18. The van der Waals surface area contributed by atoms with Gasteiger partial charge < -0.3 is 10.4 Å². The summed E-state index contributed by atoms with van der Waals surface area (Å²) in [6, 6.07) is 0.606. The summed E-state index contributed by atoms with van der Waals surface area (Å²) in [5, 5.41) is 12.7. The van der Waals surface area contributed by atoms with Crippen molar-refractivity contribution in [3.63, 3.8) is 0 Å². The van der Waals surface area contributed by atoms with E-state index in [2.05, 4.69) is 51.8 Å². The molecule has 0 bridgehead atoms. The van der Waals surface area contributed by atoms with Crippen LogP contribution in [0.5, 0.6) is 0 Å². The van der Waals surface area contributed by atoms with Crippen LogP contribution in [0, 0.1) is 5.92 Å². The zero-order chi connectivity index (χ0) is 14.2. The highest BCUT2D eigenvalue weighted by molar-refractivity contribution is 4.76. The largest absolute Gasteiger partial charge is 0.395 e. The fourth-order valence-electron chi connectivity index (χ4n) is 2.30. The normalized spacial score (nSPS) is 14.5. The van der Waals surface area contributed by atoms with Crippen LogP contribution in [0.15, 0.2) is 0 Å². The first-order valence-electron chi connectivity index (χ1n) is 7.43. The van der Waals surface area contributed by atoms with Crippen molar-refractivity contribution < 1.29 is 5.11 Å². The lowest BCUT2D eigenvalue weighted by molar-refractivity contribution is 0.125. The SMILES string of the molecule is CCC(CC)N(CCO)CC(C)CNC(C)(C)C. The molecule has 0 rings (SSSR count). The fraction of sp³-hybridized carbons (Fsp3) is 1.00. The maximum Gasteiger partial charge on any atom is 0.0558 e. The lowest BCUT2D eigenvalue weighted by Gasteiger charge is -2.33. The molecule has 0 aromatic rings. The summed E-state index contributed by atoms with van der Waals surface area (Å²) in [5.41, 5.74) is 0.185. The van der Waals surface area contributed by atoms with Crippen molar-refractivity contribution in [1.29, 1.82) is 0 Å². The summed E-state index contributed by atoms with van der Waals surface area (Å²) >= 11 is 0. The molecule has 0 fully saturated rings. The number of aliphatic hydroxyl groups excluding tert-OH is 1. The topological polar surface area (TPSA) is 35.5 Å². The van der Waals surface area contributed by atoms with Gasteiger partial charge in [0, 0.05) is 24.7 Å². The average molecular weight is 258 g/mol. The second-order valence-electron chi connectivity index (χ2n) is 6.42. The fourth-order valence-corrected chi connectivity index (χ4v) is 2.30. The third kappa shape index (κ3) is 8.06. The van der Waals surface area contributed by atoms with E-state index in [1.165, 1.54) is 0 Å². The number of hydrogen-bond donors (Lipinski definition) is 2. The van der Waals surface area contributed by atoms with E-state index in [9.17, 15) is 5.11 Å². The third-order valence-electron chi connectivity index (χ3n) is 3.37. The molecule has 0 saturated heterocycles. The van der Waals surface area contributed by atoms with E-state index in [0.717, 1.165) is 32.5 Å². The molecule has 0 aromatic heterocycles. The molecule has 3 heteroatoms. The van der Waals surface area contributed by atoms with Crippen LogP contribution in [-0.2, 0) is 0 Å².